The number of ether oxygens (including phenoxy) is 1. The van der Waals surface area contributed by atoms with E-state index in [1.165, 1.54) is 0 Å². The second-order valence-corrected chi connectivity index (χ2v) is 4.38. The fraction of sp³-hybridized carbons (Fsp3) is 0.571. The maximum atomic E-state index is 12.1. The van der Waals surface area contributed by atoms with Crippen molar-refractivity contribution in [3.05, 3.63) is 29.8 Å². The minimum atomic E-state index is -4.08. The molecule has 1 N–H and O–H groups in total. The van der Waals surface area contributed by atoms with Crippen LogP contribution in [0.15, 0.2) is 24.3 Å². The Labute approximate surface area is 112 Å². The van der Waals surface area contributed by atoms with E-state index in [9.17, 15) is 13.2 Å². The zero-order chi connectivity index (χ0) is 14.3. The van der Waals surface area contributed by atoms with Gasteiger partial charge in [-0.3, -0.25) is 0 Å². The Hall–Kier alpha value is -1.23. The number of rotatable bonds is 7. The van der Waals surface area contributed by atoms with Crippen LogP contribution in [0, 0.1) is 0 Å². The van der Waals surface area contributed by atoms with Crippen LogP contribution >= 0.6 is 0 Å². The van der Waals surface area contributed by atoms with E-state index in [2.05, 4.69) is 5.32 Å². The van der Waals surface area contributed by atoms with Crippen molar-refractivity contribution in [1.29, 1.82) is 0 Å². The van der Waals surface area contributed by atoms with E-state index in [1.807, 2.05) is 31.2 Å². The van der Waals surface area contributed by atoms with Crippen LogP contribution in [-0.4, -0.2) is 19.8 Å². The second kappa shape index (κ2) is 7.38. The third-order valence-corrected chi connectivity index (χ3v) is 2.95. The van der Waals surface area contributed by atoms with Gasteiger partial charge in [-0.1, -0.05) is 25.1 Å². The summed E-state index contributed by atoms with van der Waals surface area (Å²) in [6.07, 6.45) is -3.93. The highest BCUT2D eigenvalue weighted by atomic mass is 19.4. The first-order valence-corrected chi connectivity index (χ1v) is 6.41. The standard InChI is InChI=1S/C14H20F3NO/c1-3-12(18-10-6-9-14(15,16)17)11-7-4-5-8-13(11)19-2/h4-5,7-8,12,18H,3,6,9-10H2,1-2H3. The normalized spacial score (nSPS) is 13.3. The molecule has 0 fully saturated rings. The zero-order valence-corrected chi connectivity index (χ0v) is 11.3. The summed E-state index contributed by atoms with van der Waals surface area (Å²) < 4.78 is 41.4. The number of alkyl halides is 3. The van der Waals surface area contributed by atoms with E-state index >= 15 is 0 Å². The van der Waals surface area contributed by atoms with Gasteiger partial charge >= 0.3 is 6.18 Å². The van der Waals surface area contributed by atoms with Crippen molar-refractivity contribution in [3.8, 4) is 5.75 Å². The summed E-state index contributed by atoms with van der Waals surface area (Å²) in [6.45, 7) is 2.34. The molecular weight excluding hydrogens is 255 g/mol. The van der Waals surface area contributed by atoms with Crippen molar-refractivity contribution < 1.29 is 17.9 Å². The Morgan fingerprint density at radius 2 is 1.95 bits per heavy atom. The molecule has 0 amide bonds. The third kappa shape index (κ3) is 5.51. The molecule has 0 bridgehead atoms. The van der Waals surface area contributed by atoms with Crippen molar-refractivity contribution in [2.45, 2.75) is 38.4 Å². The number of benzene rings is 1. The number of methoxy groups -OCH3 is 1. The molecule has 0 spiro atoms. The smallest absolute Gasteiger partial charge is 0.389 e. The van der Waals surface area contributed by atoms with Crippen molar-refractivity contribution in [1.82, 2.24) is 5.32 Å². The summed E-state index contributed by atoms with van der Waals surface area (Å²) in [7, 11) is 1.59. The number of nitrogens with one attached hydrogen (secondary N) is 1. The van der Waals surface area contributed by atoms with Crippen molar-refractivity contribution >= 4 is 0 Å². The highest BCUT2D eigenvalue weighted by Gasteiger charge is 2.26. The molecule has 2 nitrogen and oxygen atoms in total. The molecule has 1 aromatic carbocycles. The predicted octanol–water partition coefficient (Wildman–Crippen LogP) is 4.08. The summed E-state index contributed by atoms with van der Waals surface area (Å²) in [5, 5.41) is 3.15. The molecule has 0 aliphatic carbocycles. The van der Waals surface area contributed by atoms with Gasteiger partial charge in [-0.05, 0) is 25.5 Å². The third-order valence-electron chi connectivity index (χ3n) is 2.95. The van der Waals surface area contributed by atoms with E-state index in [-0.39, 0.29) is 12.5 Å². The largest absolute Gasteiger partial charge is 0.496 e. The molecule has 0 radical (unpaired) electrons. The quantitative estimate of drug-likeness (QED) is 0.757. The van der Waals surface area contributed by atoms with E-state index in [0.717, 1.165) is 17.7 Å². The van der Waals surface area contributed by atoms with Crippen molar-refractivity contribution in [3.63, 3.8) is 0 Å². The summed E-state index contributed by atoms with van der Waals surface area (Å²) in [5.41, 5.74) is 0.986. The van der Waals surface area contributed by atoms with Crippen molar-refractivity contribution in [2.75, 3.05) is 13.7 Å². The highest BCUT2D eigenvalue weighted by molar-refractivity contribution is 5.35. The minimum Gasteiger partial charge on any atom is -0.496 e. The van der Waals surface area contributed by atoms with Gasteiger partial charge < -0.3 is 10.1 Å². The Bertz CT molecular complexity index is 379. The van der Waals surface area contributed by atoms with Gasteiger partial charge in [-0.25, -0.2) is 0 Å². The lowest BCUT2D eigenvalue weighted by Gasteiger charge is -2.20. The lowest BCUT2D eigenvalue weighted by molar-refractivity contribution is -0.135. The van der Waals surface area contributed by atoms with Crippen LogP contribution in [0.25, 0.3) is 0 Å². The van der Waals surface area contributed by atoms with Gasteiger partial charge in [0.25, 0.3) is 0 Å². The van der Waals surface area contributed by atoms with E-state index in [4.69, 9.17) is 4.74 Å². The monoisotopic (exact) mass is 275 g/mol. The molecule has 0 saturated heterocycles. The van der Waals surface area contributed by atoms with E-state index in [1.54, 1.807) is 7.11 Å². The molecule has 0 aromatic heterocycles. The molecule has 1 aromatic rings. The zero-order valence-electron chi connectivity index (χ0n) is 11.3. The lowest BCUT2D eigenvalue weighted by Crippen LogP contribution is -2.23. The molecule has 5 heteroatoms. The summed E-state index contributed by atoms with van der Waals surface area (Å²) in [6, 6.07) is 7.58. The molecule has 0 aliphatic rings. The molecule has 0 heterocycles. The fourth-order valence-electron chi connectivity index (χ4n) is 1.99. The Morgan fingerprint density at radius 1 is 1.26 bits per heavy atom. The van der Waals surface area contributed by atoms with Crippen LogP contribution in [0.1, 0.15) is 37.8 Å². The Balaban J connectivity index is 2.54. The first-order chi connectivity index (χ1) is 8.98. The lowest BCUT2D eigenvalue weighted by atomic mass is 10.0. The first kappa shape index (κ1) is 15.8. The number of hydrogen-bond donors (Lipinski definition) is 1. The molecule has 1 atom stereocenters. The number of para-hydroxylation sites is 1. The average Bonchev–Trinajstić information content (AvgIpc) is 2.38. The molecule has 0 saturated carbocycles. The van der Waals surface area contributed by atoms with Gasteiger partial charge in [-0.15, -0.1) is 0 Å². The number of halogens is 3. The molecule has 19 heavy (non-hydrogen) atoms. The van der Waals surface area contributed by atoms with Gasteiger partial charge in [0.1, 0.15) is 5.75 Å². The van der Waals surface area contributed by atoms with E-state index in [0.29, 0.717) is 6.54 Å². The van der Waals surface area contributed by atoms with Crippen molar-refractivity contribution in [2.24, 2.45) is 0 Å². The van der Waals surface area contributed by atoms with Crippen LogP contribution in [0.4, 0.5) is 13.2 Å². The topological polar surface area (TPSA) is 21.3 Å². The molecule has 108 valence electrons. The predicted molar refractivity (Wildman–Crippen MR) is 69.3 cm³/mol. The Kier molecular flexibility index (Phi) is 6.15. The van der Waals surface area contributed by atoms with Crippen LogP contribution in [0.2, 0.25) is 0 Å². The van der Waals surface area contributed by atoms with E-state index < -0.39 is 12.6 Å². The first-order valence-electron chi connectivity index (χ1n) is 6.41. The minimum absolute atomic E-state index is 0.0179. The molecule has 0 aliphatic heterocycles. The average molecular weight is 275 g/mol. The van der Waals surface area contributed by atoms with Gasteiger partial charge in [-0.2, -0.15) is 13.2 Å². The van der Waals surface area contributed by atoms with Crippen LogP contribution in [0.3, 0.4) is 0 Å². The Morgan fingerprint density at radius 3 is 2.53 bits per heavy atom. The van der Waals surface area contributed by atoms with Gasteiger partial charge in [0.15, 0.2) is 0 Å². The fourth-order valence-corrected chi connectivity index (χ4v) is 1.99. The molecule has 1 unspecified atom stereocenters. The molecule has 1 rings (SSSR count). The van der Waals surface area contributed by atoms with Crippen LogP contribution in [0.5, 0.6) is 5.75 Å². The highest BCUT2D eigenvalue weighted by Crippen LogP contribution is 2.27. The maximum absolute atomic E-state index is 12.1. The van der Waals surface area contributed by atoms with Crippen LogP contribution < -0.4 is 10.1 Å². The molecular formula is C14H20F3NO. The number of hydrogen-bond acceptors (Lipinski definition) is 2. The SMILES string of the molecule is CCC(NCCCC(F)(F)F)c1ccccc1OC. The second-order valence-electron chi connectivity index (χ2n) is 4.38. The summed E-state index contributed by atoms with van der Waals surface area (Å²) >= 11 is 0. The van der Waals surface area contributed by atoms with Gasteiger partial charge in [0, 0.05) is 18.0 Å². The summed E-state index contributed by atoms with van der Waals surface area (Å²) in [4.78, 5) is 0. The summed E-state index contributed by atoms with van der Waals surface area (Å²) in [5.74, 6) is 0.762. The van der Waals surface area contributed by atoms with Crippen LogP contribution in [-0.2, 0) is 0 Å². The van der Waals surface area contributed by atoms with Gasteiger partial charge in [0.2, 0.25) is 0 Å². The van der Waals surface area contributed by atoms with Gasteiger partial charge in [0.05, 0.1) is 7.11 Å². The maximum Gasteiger partial charge on any atom is 0.389 e.